The van der Waals surface area contributed by atoms with Gasteiger partial charge in [-0.3, -0.25) is 14.1 Å². The number of rotatable bonds is 5. The van der Waals surface area contributed by atoms with E-state index in [9.17, 15) is 18.0 Å². The molecule has 1 aliphatic heterocycles. The molecule has 1 aliphatic rings. The van der Waals surface area contributed by atoms with E-state index in [1.807, 2.05) is 0 Å². The van der Waals surface area contributed by atoms with Gasteiger partial charge >= 0.3 is 10.4 Å². The molecule has 9 nitrogen and oxygen atoms in total. The van der Waals surface area contributed by atoms with Crippen molar-refractivity contribution in [1.82, 2.24) is 10.4 Å². The number of hydrogen-bond donors (Lipinski definition) is 3. The second-order valence-corrected chi connectivity index (χ2v) is 4.65. The Morgan fingerprint density at radius 2 is 2.18 bits per heavy atom. The lowest BCUT2D eigenvalue weighted by Crippen LogP contribution is -2.54. The van der Waals surface area contributed by atoms with Gasteiger partial charge in [-0.2, -0.15) is 18.2 Å². The molecule has 0 aromatic rings. The summed E-state index contributed by atoms with van der Waals surface area (Å²) in [5.74, 6) is -0.619. The first-order chi connectivity index (χ1) is 7.83. The number of nitrogens with two attached hydrogens (primary N) is 1. The molecule has 0 aliphatic carbocycles. The molecule has 1 fully saturated rings. The van der Waals surface area contributed by atoms with Crippen LogP contribution in [0.5, 0.6) is 0 Å². The molecule has 0 saturated carbocycles. The summed E-state index contributed by atoms with van der Waals surface area (Å²) in [6.07, 6.45) is 1.13. The van der Waals surface area contributed by atoms with Gasteiger partial charge in [0.15, 0.2) is 0 Å². The van der Waals surface area contributed by atoms with E-state index >= 15 is 0 Å². The van der Waals surface area contributed by atoms with Crippen LogP contribution in [0.15, 0.2) is 0 Å². The predicted molar refractivity (Wildman–Crippen MR) is 54.5 cm³/mol. The molecule has 0 radical (unpaired) electrons. The average molecular weight is 267 g/mol. The van der Waals surface area contributed by atoms with Crippen molar-refractivity contribution in [2.45, 2.75) is 24.9 Å². The number of amides is 2. The highest BCUT2D eigenvalue weighted by Gasteiger charge is 2.31. The number of nitrogens with zero attached hydrogens (tertiary/aromatic N) is 1. The molecule has 17 heavy (non-hydrogen) atoms. The van der Waals surface area contributed by atoms with Gasteiger partial charge in [0.1, 0.15) is 6.04 Å². The minimum absolute atomic E-state index is 0.0621. The van der Waals surface area contributed by atoms with E-state index in [2.05, 4.69) is 9.76 Å². The fourth-order valence-electron chi connectivity index (χ4n) is 1.65. The van der Waals surface area contributed by atoms with Crippen molar-refractivity contribution in [3.63, 3.8) is 0 Å². The van der Waals surface area contributed by atoms with Crippen molar-refractivity contribution in [3.05, 3.63) is 0 Å². The zero-order valence-corrected chi connectivity index (χ0v) is 9.59. The summed E-state index contributed by atoms with van der Waals surface area (Å²) in [7, 11) is -4.59. The molecule has 2 atom stereocenters. The number of carbonyl (C=O) groups excluding carboxylic acids is 2. The first kappa shape index (κ1) is 13.8. The average Bonchev–Trinajstić information content (AvgIpc) is 2.24. The summed E-state index contributed by atoms with van der Waals surface area (Å²) in [6, 6.07) is -1.20. The van der Waals surface area contributed by atoms with Crippen LogP contribution in [0.2, 0.25) is 0 Å². The molecule has 2 amide bonds. The van der Waals surface area contributed by atoms with Crippen LogP contribution in [0.25, 0.3) is 0 Å². The summed E-state index contributed by atoms with van der Waals surface area (Å²) >= 11 is 0. The van der Waals surface area contributed by atoms with Crippen LogP contribution in [-0.2, 0) is 24.3 Å². The maximum Gasteiger partial charge on any atom is 0.413 e. The smallest absolute Gasteiger partial charge is 0.368 e. The first-order valence-corrected chi connectivity index (χ1v) is 6.12. The molecule has 0 aromatic heterocycles. The van der Waals surface area contributed by atoms with Gasteiger partial charge in [-0.25, -0.2) is 0 Å². The number of hydrogen-bond acceptors (Lipinski definition) is 6. The molecule has 0 bridgehead atoms. The fourth-order valence-corrected chi connectivity index (χ4v) is 1.90. The van der Waals surface area contributed by atoms with Gasteiger partial charge in [0, 0.05) is 6.54 Å². The van der Waals surface area contributed by atoms with Crippen LogP contribution in [0.4, 0.5) is 0 Å². The van der Waals surface area contributed by atoms with Crippen molar-refractivity contribution in [3.8, 4) is 0 Å². The summed E-state index contributed by atoms with van der Waals surface area (Å²) in [5, 5.41) is 0. The standard InChI is InChI=1S/C7H13N3O6S/c8-7(12)6-2-1-5(3-10(6)4-11)9-16-17(13,14)15/h4-6,9H,1-3H2,(H2,8,12)(H,13,14,15). The maximum absolute atomic E-state index is 11.0. The second kappa shape index (κ2) is 5.40. The molecule has 1 rings (SSSR count). The third kappa shape index (κ3) is 4.26. The van der Waals surface area contributed by atoms with Gasteiger partial charge in [-0.05, 0) is 12.8 Å². The lowest BCUT2D eigenvalue weighted by Gasteiger charge is -2.35. The van der Waals surface area contributed by atoms with Crippen LogP contribution in [0.1, 0.15) is 12.8 Å². The lowest BCUT2D eigenvalue weighted by molar-refractivity contribution is -0.133. The second-order valence-electron chi connectivity index (χ2n) is 3.62. The third-order valence-corrected chi connectivity index (χ3v) is 2.71. The minimum atomic E-state index is -4.59. The van der Waals surface area contributed by atoms with Crippen LogP contribution < -0.4 is 11.2 Å². The van der Waals surface area contributed by atoms with Gasteiger partial charge in [0.05, 0.1) is 6.04 Å². The number of piperidine rings is 1. The zero-order valence-electron chi connectivity index (χ0n) is 8.77. The Morgan fingerprint density at radius 3 is 2.65 bits per heavy atom. The van der Waals surface area contributed by atoms with E-state index < -0.39 is 28.4 Å². The SMILES string of the molecule is NC(=O)C1CCC(NOS(=O)(=O)O)CN1C=O. The topological polar surface area (TPSA) is 139 Å². The summed E-state index contributed by atoms with van der Waals surface area (Å²) in [6.45, 7) is 0.0621. The molecule has 0 aromatic carbocycles. The van der Waals surface area contributed by atoms with Crippen LogP contribution >= 0.6 is 0 Å². The van der Waals surface area contributed by atoms with Gasteiger partial charge in [-0.15, -0.1) is 0 Å². The maximum atomic E-state index is 11.0. The van der Waals surface area contributed by atoms with E-state index in [0.717, 1.165) is 4.90 Å². The molecule has 10 heteroatoms. The van der Waals surface area contributed by atoms with E-state index in [-0.39, 0.29) is 6.54 Å². The third-order valence-electron chi connectivity index (χ3n) is 2.40. The van der Waals surface area contributed by atoms with Crippen molar-refractivity contribution in [2.75, 3.05) is 6.54 Å². The Labute approximate surface area is 97.8 Å². The first-order valence-electron chi connectivity index (χ1n) is 4.75. The predicted octanol–water partition coefficient (Wildman–Crippen LogP) is -2.21. The number of primary amides is 1. The molecule has 1 saturated heterocycles. The zero-order chi connectivity index (χ0) is 13.1. The van der Waals surface area contributed by atoms with Crippen LogP contribution in [0.3, 0.4) is 0 Å². The Kier molecular flexibility index (Phi) is 4.40. The Hall–Kier alpha value is -1.23. The number of likely N-dealkylation sites (tertiary alicyclic amines) is 1. The van der Waals surface area contributed by atoms with E-state index in [1.165, 1.54) is 0 Å². The molecule has 2 unspecified atom stereocenters. The molecule has 98 valence electrons. The van der Waals surface area contributed by atoms with Crippen molar-refractivity contribution < 1.29 is 26.8 Å². The quantitative estimate of drug-likeness (QED) is 0.291. The lowest BCUT2D eigenvalue weighted by atomic mass is 9.99. The van der Waals surface area contributed by atoms with Gasteiger partial charge in [0.25, 0.3) is 0 Å². The van der Waals surface area contributed by atoms with Crippen LogP contribution in [0, 0.1) is 0 Å². The molecular weight excluding hydrogens is 254 g/mol. The normalized spacial score (nSPS) is 25.6. The largest absolute Gasteiger partial charge is 0.413 e. The van der Waals surface area contributed by atoms with E-state index in [0.29, 0.717) is 19.3 Å². The van der Waals surface area contributed by atoms with Crippen molar-refractivity contribution >= 4 is 22.7 Å². The molecule has 1 heterocycles. The Balaban J connectivity index is 2.54. The molecular formula is C7H13N3O6S. The Morgan fingerprint density at radius 1 is 1.53 bits per heavy atom. The highest BCUT2D eigenvalue weighted by Crippen LogP contribution is 2.15. The number of carbonyl (C=O) groups is 2. The van der Waals surface area contributed by atoms with Gasteiger partial charge < -0.3 is 10.6 Å². The monoisotopic (exact) mass is 267 g/mol. The summed E-state index contributed by atoms with van der Waals surface area (Å²) in [5.41, 5.74) is 7.19. The van der Waals surface area contributed by atoms with Gasteiger partial charge in [0.2, 0.25) is 12.3 Å². The van der Waals surface area contributed by atoms with E-state index in [1.54, 1.807) is 0 Å². The number of hydroxylamine groups is 1. The molecule has 0 spiro atoms. The molecule has 4 N–H and O–H groups in total. The summed E-state index contributed by atoms with van der Waals surface area (Å²) < 4.78 is 32.9. The number of nitrogens with one attached hydrogen (secondary N) is 1. The summed E-state index contributed by atoms with van der Waals surface area (Å²) in [4.78, 5) is 22.8. The fraction of sp³-hybridized carbons (Fsp3) is 0.714. The Bertz CT molecular complexity index is 396. The van der Waals surface area contributed by atoms with Gasteiger partial charge in [-0.1, -0.05) is 0 Å². The van der Waals surface area contributed by atoms with Crippen LogP contribution in [-0.4, -0.2) is 48.8 Å². The van der Waals surface area contributed by atoms with Crippen molar-refractivity contribution in [1.29, 1.82) is 0 Å². The minimum Gasteiger partial charge on any atom is -0.368 e. The van der Waals surface area contributed by atoms with Crippen molar-refractivity contribution in [2.24, 2.45) is 5.73 Å². The van der Waals surface area contributed by atoms with E-state index in [4.69, 9.17) is 10.3 Å². The highest BCUT2D eigenvalue weighted by molar-refractivity contribution is 7.80. The highest BCUT2D eigenvalue weighted by atomic mass is 32.3.